The van der Waals surface area contributed by atoms with E-state index < -0.39 is 18.0 Å². The number of rotatable bonds is 22. The van der Waals surface area contributed by atoms with Gasteiger partial charge in [-0.05, 0) is 43.7 Å². The third-order valence-electron chi connectivity index (χ3n) is 7.67. The molecule has 0 fully saturated rings. The average molecular weight is 539 g/mol. The molecule has 0 aliphatic heterocycles. The van der Waals surface area contributed by atoms with Crippen LogP contribution in [0.15, 0.2) is 42.6 Å². The van der Waals surface area contributed by atoms with E-state index in [0.29, 0.717) is 6.42 Å². The molecular weight excluding hydrogens is 484 g/mol. The largest absolute Gasteiger partial charge is 0.392 e. The van der Waals surface area contributed by atoms with Gasteiger partial charge in [-0.3, -0.25) is 4.79 Å². The van der Waals surface area contributed by atoms with Gasteiger partial charge in [-0.2, -0.15) is 0 Å². The number of nitrogens with one attached hydrogen (secondary N) is 1. The molecule has 0 amide bonds. The van der Waals surface area contributed by atoms with Crippen LogP contribution in [-0.4, -0.2) is 23.0 Å². The monoisotopic (exact) mass is 538 g/mol. The van der Waals surface area contributed by atoms with Crippen molar-refractivity contribution in [2.75, 3.05) is 0 Å². The van der Waals surface area contributed by atoms with E-state index in [0.717, 1.165) is 35.7 Å². The quantitative estimate of drug-likeness (QED) is 0.0678. The minimum absolute atomic E-state index is 0.289. The Morgan fingerprint density at radius 2 is 1.38 bits per heavy atom. The van der Waals surface area contributed by atoms with Crippen LogP contribution in [-0.2, 0) is 20.7 Å². The van der Waals surface area contributed by atoms with Crippen LogP contribution in [0.3, 0.4) is 0 Å². The van der Waals surface area contributed by atoms with Crippen molar-refractivity contribution in [2.24, 2.45) is 11.7 Å². The van der Waals surface area contributed by atoms with E-state index in [2.05, 4.69) is 24.1 Å². The summed E-state index contributed by atoms with van der Waals surface area (Å²) >= 11 is 0. The number of carbonyl (C=O) groups excluding carboxylic acids is 2. The van der Waals surface area contributed by atoms with Gasteiger partial charge in [-0.15, -0.1) is 0 Å². The standard InChI is InChI=1S/C34H54N2O3/c1-3-4-5-6-7-8-9-10-11-12-13-14-15-16-17-18-19-20-23-28(2)33(37)39-34(38)31(35)26-29-27-36-32-25-22-21-24-30(29)32/h10-11,21-22,24-25,27-28,31,36H,3-9,12-20,23,26,35H2,1-2H3/b11-10-/t28?,31-/m0/s1. The summed E-state index contributed by atoms with van der Waals surface area (Å²) in [5.41, 5.74) is 8.00. The van der Waals surface area contributed by atoms with Gasteiger partial charge < -0.3 is 15.5 Å². The molecule has 0 saturated heterocycles. The third kappa shape index (κ3) is 14.0. The number of H-pyrrole nitrogens is 1. The molecule has 5 nitrogen and oxygen atoms in total. The van der Waals surface area contributed by atoms with Crippen LogP contribution < -0.4 is 5.73 Å². The zero-order valence-electron chi connectivity index (χ0n) is 24.7. The first-order chi connectivity index (χ1) is 19.0. The number of para-hydroxylation sites is 1. The maximum absolute atomic E-state index is 12.4. The van der Waals surface area contributed by atoms with E-state index in [1.54, 1.807) is 0 Å². The van der Waals surface area contributed by atoms with Gasteiger partial charge in [0.25, 0.3) is 0 Å². The van der Waals surface area contributed by atoms with Crippen molar-refractivity contribution in [3.63, 3.8) is 0 Å². The van der Waals surface area contributed by atoms with E-state index in [-0.39, 0.29) is 5.92 Å². The molecule has 2 rings (SSSR count). The Morgan fingerprint density at radius 3 is 2.03 bits per heavy atom. The fourth-order valence-corrected chi connectivity index (χ4v) is 5.07. The molecule has 2 atom stereocenters. The van der Waals surface area contributed by atoms with Gasteiger partial charge in [-0.1, -0.05) is 121 Å². The van der Waals surface area contributed by atoms with Crippen LogP contribution in [0.25, 0.3) is 10.9 Å². The lowest BCUT2D eigenvalue weighted by molar-refractivity contribution is -0.163. The minimum Gasteiger partial charge on any atom is -0.392 e. The summed E-state index contributed by atoms with van der Waals surface area (Å²) in [5, 5.41) is 1.03. The van der Waals surface area contributed by atoms with E-state index in [9.17, 15) is 9.59 Å². The maximum atomic E-state index is 12.4. The molecule has 2 aromatic rings. The number of benzene rings is 1. The summed E-state index contributed by atoms with van der Waals surface area (Å²) in [6.07, 6.45) is 28.2. The molecule has 1 aromatic carbocycles. The Balaban J connectivity index is 1.42. The Hall–Kier alpha value is -2.40. The molecule has 39 heavy (non-hydrogen) atoms. The number of unbranched alkanes of at least 4 members (excludes halogenated alkanes) is 14. The first kappa shape index (κ1) is 32.8. The predicted molar refractivity (Wildman–Crippen MR) is 164 cm³/mol. The van der Waals surface area contributed by atoms with E-state index in [4.69, 9.17) is 10.5 Å². The molecule has 218 valence electrons. The van der Waals surface area contributed by atoms with Gasteiger partial charge in [-0.25, -0.2) is 4.79 Å². The number of hydrogen-bond donors (Lipinski definition) is 2. The van der Waals surface area contributed by atoms with Crippen molar-refractivity contribution in [2.45, 2.75) is 135 Å². The normalized spacial score (nSPS) is 13.2. The SMILES string of the molecule is CCCCCCCC/C=C\CCCCCCCCCCC(C)C(=O)OC(=O)[C@@H](N)Cc1c[nH]c2ccccc12. The Kier molecular flexibility index (Phi) is 17.2. The first-order valence-electron chi connectivity index (χ1n) is 15.7. The van der Waals surface area contributed by atoms with Gasteiger partial charge in [0.1, 0.15) is 6.04 Å². The Bertz CT molecular complexity index is 964. The molecule has 1 aromatic heterocycles. The zero-order chi connectivity index (χ0) is 28.1. The van der Waals surface area contributed by atoms with Gasteiger partial charge in [0, 0.05) is 23.5 Å². The highest BCUT2D eigenvalue weighted by atomic mass is 16.6. The number of aromatic nitrogens is 1. The molecule has 0 aliphatic rings. The number of aromatic amines is 1. The van der Waals surface area contributed by atoms with Crippen molar-refractivity contribution in [1.29, 1.82) is 0 Å². The number of fused-ring (bicyclic) bond motifs is 1. The number of allylic oxidation sites excluding steroid dienone is 2. The summed E-state index contributed by atoms with van der Waals surface area (Å²) in [6, 6.07) is 7.01. The van der Waals surface area contributed by atoms with E-state index >= 15 is 0 Å². The second kappa shape index (κ2) is 20.5. The second-order valence-corrected chi connectivity index (χ2v) is 11.2. The van der Waals surface area contributed by atoms with Gasteiger partial charge in [0.05, 0.1) is 5.92 Å². The number of hydrogen-bond acceptors (Lipinski definition) is 4. The molecule has 0 spiro atoms. The van der Waals surface area contributed by atoms with Gasteiger partial charge >= 0.3 is 11.9 Å². The van der Waals surface area contributed by atoms with Crippen LogP contribution in [0.1, 0.15) is 129 Å². The smallest absolute Gasteiger partial charge is 0.330 e. The van der Waals surface area contributed by atoms with Crippen molar-refractivity contribution in [1.82, 2.24) is 4.98 Å². The van der Waals surface area contributed by atoms with E-state index in [1.807, 2.05) is 37.4 Å². The Labute approximate surface area is 237 Å². The van der Waals surface area contributed by atoms with E-state index in [1.165, 1.54) is 89.9 Å². The van der Waals surface area contributed by atoms with Gasteiger partial charge in [0.2, 0.25) is 0 Å². The molecular formula is C34H54N2O3. The van der Waals surface area contributed by atoms with Gasteiger partial charge in [0.15, 0.2) is 0 Å². The maximum Gasteiger partial charge on any atom is 0.330 e. The van der Waals surface area contributed by atoms with Crippen molar-refractivity contribution < 1.29 is 14.3 Å². The highest BCUT2D eigenvalue weighted by molar-refractivity contribution is 5.90. The van der Waals surface area contributed by atoms with Crippen molar-refractivity contribution in [3.05, 3.63) is 48.2 Å². The summed E-state index contributed by atoms with van der Waals surface area (Å²) in [6.45, 7) is 4.11. The lowest BCUT2D eigenvalue weighted by Crippen LogP contribution is -2.36. The lowest BCUT2D eigenvalue weighted by Gasteiger charge is -2.13. The second-order valence-electron chi connectivity index (χ2n) is 11.2. The fourth-order valence-electron chi connectivity index (χ4n) is 5.07. The summed E-state index contributed by atoms with van der Waals surface area (Å²) in [7, 11) is 0. The summed E-state index contributed by atoms with van der Waals surface area (Å²) < 4.78 is 5.10. The minimum atomic E-state index is -0.860. The topological polar surface area (TPSA) is 85.2 Å². The highest BCUT2D eigenvalue weighted by Gasteiger charge is 2.23. The van der Waals surface area contributed by atoms with Crippen LogP contribution in [0.5, 0.6) is 0 Å². The Morgan fingerprint density at radius 1 is 0.821 bits per heavy atom. The molecule has 5 heteroatoms. The van der Waals surface area contributed by atoms with Crippen LogP contribution in [0.4, 0.5) is 0 Å². The number of esters is 2. The molecule has 1 heterocycles. The molecule has 3 N–H and O–H groups in total. The predicted octanol–water partition coefficient (Wildman–Crippen LogP) is 8.95. The first-order valence-corrected chi connectivity index (χ1v) is 15.7. The fraction of sp³-hybridized carbons (Fsp3) is 0.647. The molecule has 0 radical (unpaired) electrons. The molecule has 0 bridgehead atoms. The zero-order valence-corrected chi connectivity index (χ0v) is 24.7. The van der Waals surface area contributed by atoms with Crippen molar-refractivity contribution >= 4 is 22.8 Å². The summed E-state index contributed by atoms with van der Waals surface area (Å²) in [4.78, 5) is 27.9. The average Bonchev–Trinajstić information content (AvgIpc) is 3.34. The lowest BCUT2D eigenvalue weighted by atomic mass is 10.0. The van der Waals surface area contributed by atoms with Crippen LogP contribution in [0.2, 0.25) is 0 Å². The highest BCUT2D eigenvalue weighted by Crippen LogP contribution is 2.20. The third-order valence-corrected chi connectivity index (χ3v) is 7.67. The molecule has 1 unspecified atom stereocenters. The molecule has 0 saturated carbocycles. The van der Waals surface area contributed by atoms with Crippen molar-refractivity contribution in [3.8, 4) is 0 Å². The summed E-state index contributed by atoms with van der Waals surface area (Å²) in [5.74, 6) is -1.40. The number of ether oxygens (including phenoxy) is 1. The molecule has 0 aliphatic carbocycles. The van der Waals surface area contributed by atoms with Crippen LogP contribution >= 0.6 is 0 Å². The number of carbonyl (C=O) groups is 2. The number of nitrogens with two attached hydrogens (primary N) is 1. The van der Waals surface area contributed by atoms with Crippen LogP contribution in [0, 0.1) is 5.92 Å².